The van der Waals surface area contributed by atoms with Gasteiger partial charge in [0.15, 0.2) is 0 Å². The Morgan fingerprint density at radius 2 is 1.68 bits per heavy atom. The number of hydrogen-bond donors (Lipinski definition) is 0. The highest BCUT2D eigenvalue weighted by atomic mass is 14.5. The van der Waals surface area contributed by atoms with Crippen LogP contribution < -0.4 is 0 Å². The molecule has 0 aromatic rings. The molecule has 1 saturated carbocycles. The summed E-state index contributed by atoms with van der Waals surface area (Å²) in [6, 6.07) is 0. The molecule has 1 rings (SSSR count). The Balaban J connectivity index is 2.41. The fourth-order valence-electron chi connectivity index (χ4n) is 4.77. The summed E-state index contributed by atoms with van der Waals surface area (Å²) in [4.78, 5) is 0. The van der Waals surface area contributed by atoms with Gasteiger partial charge in [0, 0.05) is 0 Å². The first-order valence-electron chi connectivity index (χ1n) is 10.0. The summed E-state index contributed by atoms with van der Waals surface area (Å²) in [5, 5.41) is 0. The molecule has 0 amide bonds. The highest BCUT2D eigenvalue weighted by Gasteiger charge is 2.49. The van der Waals surface area contributed by atoms with E-state index < -0.39 is 0 Å². The first-order valence-corrected chi connectivity index (χ1v) is 10.0. The van der Waals surface area contributed by atoms with Gasteiger partial charge in [0.05, 0.1) is 0 Å². The summed E-state index contributed by atoms with van der Waals surface area (Å²) in [5.41, 5.74) is 1.22. The molecule has 1 aliphatic rings. The summed E-state index contributed by atoms with van der Waals surface area (Å²) in [5.74, 6) is 4.42. The molecule has 0 nitrogen and oxygen atoms in total. The molecule has 1 fully saturated rings. The van der Waals surface area contributed by atoms with E-state index in [1.165, 1.54) is 38.5 Å². The molecule has 0 saturated heterocycles. The molecule has 0 aliphatic heterocycles. The standard InChI is InChI=1S/C22H44/c1-10-21(8,19(7)17(4)5)12-11-18(6)13-20-15-22(20,9)14-16(2)3/h16-20H,10-15H2,1-9H3. The summed E-state index contributed by atoms with van der Waals surface area (Å²) in [7, 11) is 0. The minimum absolute atomic E-state index is 0.535. The maximum Gasteiger partial charge on any atom is -0.0292 e. The molecule has 0 spiro atoms. The minimum atomic E-state index is 0.535. The van der Waals surface area contributed by atoms with Crippen molar-refractivity contribution in [3.63, 3.8) is 0 Å². The zero-order valence-electron chi connectivity index (χ0n) is 17.1. The van der Waals surface area contributed by atoms with Gasteiger partial charge in [-0.2, -0.15) is 0 Å². The van der Waals surface area contributed by atoms with Gasteiger partial charge in [-0.1, -0.05) is 75.2 Å². The van der Waals surface area contributed by atoms with Crippen LogP contribution in [0.5, 0.6) is 0 Å². The van der Waals surface area contributed by atoms with Gasteiger partial charge in [0.1, 0.15) is 0 Å². The number of rotatable bonds is 10. The van der Waals surface area contributed by atoms with E-state index >= 15 is 0 Å². The topological polar surface area (TPSA) is 0 Å². The van der Waals surface area contributed by atoms with E-state index in [1.807, 2.05) is 0 Å². The SMILES string of the molecule is CCC(C)(CCC(C)CC1CC1(C)CC(C)C)C(C)C(C)C. The van der Waals surface area contributed by atoms with Gasteiger partial charge in [-0.3, -0.25) is 0 Å². The van der Waals surface area contributed by atoms with Gasteiger partial charge in [0.2, 0.25) is 0 Å². The van der Waals surface area contributed by atoms with Gasteiger partial charge in [-0.25, -0.2) is 0 Å². The molecule has 132 valence electrons. The van der Waals surface area contributed by atoms with Crippen LogP contribution in [0.2, 0.25) is 0 Å². The third kappa shape index (κ3) is 5.27. The molecule has 5 unspecified atom stereocenters. The Kier molecular flexibility index (Phi) is 7.03. The molecular weight excluding hydrogens is 264 g/mol. The van der Waals surface area contributed by atoms with Crippen LogP contribution in [0.3, 0.4) is 0 Å². The van der Waals surface area contributed by atoms with E-state index in [2.05, 4.69) is 62.3 Å². The van der Waals surface area contributed by atoms with Crippen molar-refractivity contribution in [3.05, 3.63) is 0 Å². The molecule has 1 aliphatic carbocycles. The lowest BCUT2D eigenvalue weighted by Crippen LogP contribution is -2.29. The molecule has 0 heterocycles. The van der Waals surface area contributed by atoms with E-state index in [4.69, 9.17) is 0 Å². The van der Waals surface area contributed by atoms with Crippen LogP contribution in [-0.2, 0) is 0 Å². The maximum absolute atomic E-state index is 2.53. The Morgan fingerprint density at radius 1 is 1.09 bits per heavy atom. The fraction of sp³-hybridized carbons (Fsp3) is 1.00. The third-order valence-corrected chi connectivity index (χ3v) is 7.21. The van der Waals surface area contributed by atoms with Crippen molar-refractivity contribution >= 4 is 0 Å². The van der Waals surface area contributed by atoms with Gasteiger partial charge >= 0.3 is 0 Å². The monoisotopic (exact) mass is 308 g/mol. The van der Waals surface area contributed by atoms with Gasteiger partial charge < -0.3 is 0 Å². The van der Waals surface area contributed by atoms with E-state index in [9.17, 15) is 0 Å². The zero-order valence-corrected chi connectivity index (χ0v) is 17.1. The van der Waals surface area contributed by atoms with Gasteiger partial charge in [-0.05, 0) is 66.1 Å². The van der Waals surface area contributed by atoms with E-state index in [-0.39, 0.29) is 0 Å². The average molecular weight is 309 g/mol. The summed E-state index contributed by atoms with van der Waals surface area (Å²) in [6.07, 6.45) is 8.56. The average Bonchev–Trinajstić information content (AvgIpc) is 3.03. The summed E-state index contributed by atoms with van der Waals surface area (Å²) >= 11 is 0. The summed E-state index contributed by atoms with van der Waals surface area (Å²) < 4.78 is 0. The lowest BCUT2D eigenvalue weighted by Gasteiger charge is -2.38. The normalized spacial score (nSPS) is 30.4. The molecule has 0 aromatic carbocycles. The first kappa shape index (κ1) is 20.0. The van der Waals surface area contributed by atoms with Crippen molar-refractivity contribution in [1.82, 2.24) is 0 Å². The Morgan fingerprint density at radius 3 is 2.14 bits per heavy atom. The van der Waals surface area contributed by atoms with Crippen LogP contribution in [0, 0.1) is 40.4 Å². The molecule has 0 aromatic heterocycles. The first-order chi connectivity index (χ1) is 10.0. The fourth-order valence-corrected chi connectivity index (χ4v) is 4.77. The van der Waals surface area contributed by atoms with Crippen molar-refractivity contribution < 1.29 is 0 Å². The molecule has 5 atom stereocenters. The van der Waals surface area contributed by atoms with Crippen molar-refractivity contribution in [2.75, 3.05) is 0 Å². The second kappa shape index (κ2) is 7.71. The van der Waals surface area contributed by atoms with Crippen molar-refractivity contribution in [3.8, 4) is 0 Å². The van der Waals surface area contributed by atoms with E-state index in [0.29, 0.717) is 10.8 Å². The molecule has 22 heavy (non-hydrogen) atoms. The Labute approximate surface area is 141 Å². The molecule has 0 bridgehead atoms. The predicted octanol–water partition coefficient (Wildman–Crippen LogP) is 7.57. The molecule has 0 heteroatoms. The highest BCUT2D eigenvalue weighted by Crippen LogP contribution is 2.59. The lowest BCUT2D eigenvalue weighted by atomic mass is 9.67. The van der Waals surface area contributed by atoms with Crippen LogP contribution in [0.1, 0.15) is 101 Å². The molecule has 0 N–H and O–H groups in total. The van der Waals surface area contributed by atoms with Crippen LogP contribution >= 0.6 is 0 Å². The van der Waals surface area contributed by atoms with Crippen molar-refractivity contribution in [1.29, 1.82) is 0 Å². The van der Waals surface area contributed by atoms with Crippen LogP contribution in [0.15, 0.2) is 0 Å². The molecule has 0 radical (unpaired) electrons. The lowest BCUT2D eigenvalue weighted by molar-refractivity contribution is 0.120. The predicted molar refractivity (Wildman–Crippen MR) is 101 cm³/mol. The summed E-state index contributed by atoms with van der Waals surface area (Å²) in [6.45, 7) is 22.0. The van der Waals surface area contributed by atoms with Gasteiger partial charge in [0.25, 0.3) is 0 Å². The van der Waals surface area contributed by atoms with Crippen molar-refractivity contribution in [2.24, 2.45) is 40.4 Å². The van der Waals surface area contributed by atoms with E-state index in [0.717, 1.165) is 29.6 Å². The Bertz CT molecular complexity index is 329. The smallest absolute Gasteiger partial charge is 0.0292 e. The van der Waals surface area contributed by atoms with Crippen LogP contribution in [0.4, 0.5) is 0 Å². The van der Waals surface area contributed by atoms with E-state index in [1.54, 1.807) is 0 Å². The Hall–Kier alpha value is 0. The zero-order chi connectivity index (χ0) is 17.1. The minimum Gasteiger partial charge on any atom is -0.0649 e. The second-order valence-corrected chi connectivity index (χ2v) is 10.1. The third-order valence-electron chi connectivity index (χ3n) is 7.21. The van der Waals surface area contributed by atoms with Crippen LogP contribution in [0.25, 0.3) is 0 Å². The molecular formula is C22H44. The largest absolute Gasteiger partial charge is 0.0649 e. The van der Waals surface area contributed by atoms with Crippen LogP contribution in [-0.4, -0.2) is 0 Å². The second-order valence-electron chi connectivity index (χ2n) is 10.1. The highest BCUT2D eigenvalue weighted by molar-refractivity contribution is 4.99. The number of hydrogen-bond acceptors (Lipinski definition) is 0. The maximum atomic E-state index is 2.53. The van der Waals surface area contributed by atoms with Crippen molar-refractivity contribution in [2.45, 2.75) is 101 Å². The van der Waals surface area contributed by atoms with Gasteiger partial charge in [-0.15, -0.1) is 0 Å². The quantitative estimate of drug-likeness (QED) is 0.390.